The molecule has 1 aromatic carbocycles. The lowest BCUT2D eigenvalue weighted by molar-refractivity contribution is -0.140. The Kier molecular flexibility index (Phi) is 3.46. The summed E-state index contributed by atoms with van der Waals surface area (Å²) in [7, 11) is 0. The predicted octanol–water partition coefficient (Wildman–Crippen LogP) is 3.08. The number of alkyl halides is 3. The lowest BCUT2D eigenvalue weighted by atomic mass is 10.0. The van der Waals surface area contributed by atoms with Gasteiger partial charge in [-0.05, 0) is 12.1 Å². The van der Waals surface area contributed by atoms with Crippen LogP contribution in [-0.2, 0) is 6.54 Å². The number of H-pyrrole nitrogens is 1. The quantitative estimate of drug-likeness (QED) is 0.538. The maximum Gasteiger partial charge on any atom is 0.406 e. The molecule has 0 aliphatic rings. The molecule has 0 unspecified atom stereocenters. The fourth-order valence-electron chi connectivity index (χ4n) is 2.98. The first-order valence-corrected chi connectivity index (χ1v) is 7.62. The highest BCUT2D eigenvalue weighted by atomic mass is 19.4. The highest BCUT2D eigenvalue weighted by molar-refractivity contribution is 6.01. The summed E-state index contributed by atoms with van der Waals surface area (Å²) in [6.07, 6.45) is -1.85. The third-order valence-electron chi connectivity index (χ3n) is 4.12. The van der Waals surface area contributed by atoms with Gasteiger partial charge < -0.3 is 5.73 Å². The van der Waals surface area contributed by atoms with Gasteiger partial charge in [-0.15, -0.1) is 0 Å². The number of pyridine rings is 2. The van der Waals surface area contributed by atoms with E-state index in [9.17, 15) is 18.0 Å². The molecule has 0 saturated heterocycles. The topological polar surface area (TPSA) is 89.6 Å². The van der Waals surface area contributed by atoms with Crippen molar-refractivity contribution in [2.24, 2.45) is 0 Å². The molecule has 0 amide bonds. The number of fused-ring (bicyclic) bond motifs is 3. The van der Waals surface area contributed by atoms with Gasteiger partial charge in [0.15, 0.2) is 0 Å². The van der Waals surface area contributed by atoms with E-state index in [2.05, 4.69) is 15.2 Å². The molecule has 0 fully saturated rings. The summed E-state index contributed by atoms with van der Waals surface area (Å²) in [6.45, 7) is -1.42. The van der Waals surface area contributed by atoms with Gasteiger partial charge in [0.2, 0.25) is 0 Å². The van der Waals surface area contributed by atoms with Gasteiger partial charge in [0.1, 0.15) is 12.1 Å². The summed E-state index contributed by atoms with van der Waals surface area (Å²) in [5, 5.41) is 6.45. The number of aromatic amines is 1. The number of nitrogens with two attached hydrogens (primary N) is 1. The van der Waals surface area contributed by atoms with Gasteiger partial charge in [-0.2, -0.15) is 18.3 Å². The van der Waals surface area contributed by atoms with Crippen molar-refractivity contribution in [1.82, 2.24) is 19.7 Å². The smallest absolute Gasteiger partial charge is 0.398 e. The first-order valence-electron chi connectivity index (χ1n) is 7.62. The van der Waals surface area contributed by atoms with Crippen molar-refractivity contribution < 1.29 is 13.2 Å². The molecule has 3 aromatic heterocycles. The number of rotatable bonds is 2. The highest BCUT2D eigenvalue weighted by Crippen LogP contribution is 2.29. The molecular weight excluding hydrogens is 347 g/mol. The molecule has 0 aliphatic carbocycles. The minimum absolute atomic E-state index is 0.0567. The number of nitrogens with one attached hydrogen (secondary N) is 1. The summed E-state index contributed by atoms with van der Waals surface area (Å²) >= 11 is 0. The van der Waals surface area contributed by atoms with Crippen molar-refractivity contribution in [3.63, 3.8) is 0 Å². The van der Waals surface area contributed by atoms with Gasteiger partial charge in [-0.25, -0.2) is 0 Å². The number of para-hydroxylation sites is 1. The van der Waals surface area contributed by atoms with Crippen LogP contribution in [0.4, 0.5) is 18.9 Å². The van der Waals surface area contributed by atoms with Gasteiger partial charge in [0.05, 0.1) is 22.6 Å². The summed E-state index contributed by atoms with van der Waals surface area (Å²) < 4.78 is 39.8. The van der Waals surface area contributed by atoms with Crippen molar-refractivity contribution in [3.8, 4) is 11.1 Å². The van der Waals surface area contributed by atoms with Crippen LogP contribution in [0.2, 0.25) is 0 Å². The molecule has 0 aliphatic heterocycles. The van der Waals surface area contributed by atoms with Crippen molar-refractivity contribution >= 4 is 27.6 Å². The molecule has 6 nitrogen and oxygen atoms in total. The van der Waals surface area contributed by atoms with E-state index in [0.717, 1.165) is 0 Å². The fraction of sp³-hybridized carbons (Fsp3) is 0.118. The van der Waals surface area contributed by atoms with Gasteiger partial charge >= 0.3 is 6.18 Å². The lowest BCUT2D eigenvalue weighted by Gasteiger charge is -2.14. The first-order chi connectivity index (χ1) is 12.3. The number of hydrogen-bond donors (Lipinski definition) is 2. The Morgan fingerprint density at radius 2 is 1.96 bits per heavy atom. The molecule has 0 radical (unpaired) electrons. The summed E-state index contributed by atoms with van der Waals surface area (Å²) in [5.41, 5.74) is 7.37. The second-order valence-corrected chi connectivity index (χ2v) is 5.84. The van der Waals surface area contributed by atoms with Crippen LogP contribution in [0.25, 0.3) is 33.1 Å². The van der Waals surface area contributed by atoms with Gasteiger partial charge in [0, 0.05) is 23.0 Å². The van der Waals surface area contributed by atoms with Crippen LogP contribution in [0.15, 0.2) is 47.5 Å². The fourth-order valence-corrected chi connectivity index (χ4v) is 2.98. The zero-order chi connectivity index (χ0) is 18.5. The number of halogens is 3. The minimum atomic E-state index is -4.56. The van der Waals surface area contributed by atoms with E-state index >= 15 is 0 Å². The number of nitrogens with zero attached hydrogens (tertiary/aromatic N) is 3. The SMILES string of the molecule is Nc1ccccc1-c1cnc2c3[nH]ncc3c(=O)n(CC(F)(F)F)c2c1. The van der Waals surface area contributed by atoms with Crippen molar-refractivity contribution in [2.45, 2.75) is 12.7 Å². The van der Waals surface area contributed by atoms with Crippen LogP contribution in [0.3, 0.4) is 0 Å². The van der Waals surface area contributed by atoms with Gasteiger partial charge in [-0.1, -0.05) is 18.2 Å². The summed E-state index contributed by atoms with van der Waals surface area (Å²) in [5.74, 6) is 0. The normalized spacial score (nSPS) is 12.1. The van der Waals surface area contributed by atoms with E-state index in [0.29, 0.717) is 26.9 Å². The number of nitrogen functional groups attached to an aromatic ring is 1. The highest BCUT2D eigenvalue weighted by Gasteiger charge is 2.30. The average Bonchev–Trinajstić information content (AvgIpc) is 3.08. The van der Waals surface area contributed by atoms with Gasteiger partial charge in [0.25, 0.3) is 5.56 Å². The first kappa shape index (κ1) is 16.1. The summed E-state index contributed by atoms with van der Waals surface area (Å²) in [4.78, 5) is 16.8. The minimum Gasteiger partial charge on any atom is -0.398 e. The van der Waals surface area contributed by atoms with E-state index in [1.165, 1.54) is 18.5 Å². The molecule has 9 heteroatoms. The average molecular weight is 359 g/mol. The number of aromatic nitrogens is 4. The Hall–Kier alpha value is -3.36. The molecule has 0 bridgehead atoms. The number of benzene rings is 1. The Labute approximate surface area is 144 Å². The molecule has 0 atom stereocenters. The summed E-state index contributed by atoms with van der Waals surface area (Å²) in [6, 6.07) is 8.42. The zero-order valence-corrected chi connectivity index (χ0v) is 13.2. The molecule has 3 heterocycles. The zero-order valence-electron chi connectivity index (χ0n) is 13.2. The second kappa shape index (κ2) is 5.58. The molecule has 0 saturated carbocycles. The molecule has 3 N–H and O–H groups in total. The van der Waals surface area contributed by atoms with E-state index in [1.807, 2.05) is 0 Å². The Balaban J connectivity index is 2.08. The Morgan fingerprint density at radius 3 is 2.69 bits per heavy atom. The van der Waals surface area contributed by atoms with Gasteiger partial charge in [-0.3, -0.25) is 19.4 Å². The third-order valence-corrected chi connectivity index (χ3v) is 4.12. The van der Waals surface area contributed by atoms with E-state index < -0.39 is 18.3 Å². The molecule has 132 valence electrons. The maximum atomic E-state index is 13.0. The maximum absolute atomic E-state index is 13.0. The van der Waals surface area contributed by atoms with Crippen molar-refractivity contribution in [2.75, 3.05) is 5.73 Å². The molecule has 4 aromatic rings. The molecule has 4 rings (SSSR count). The van der Waals surface area contributed by atoms with Crippen LogP contribution in [-0.4, -0.2) is 25.9 Å². The standard InChI is InChI=1S/C17H12F3N5O/c18-17(19,20)8-25-13-5-9(10-3-1-2-4-12(10)21)6-22-15(13)14-11(16(25)26)7-23-24-14/h1-7H,8,21H2,(H,23,24). The number of hydrogen-bond acceptors (Lipinski definition) is 4. The van der Waals surface area contributed by atoms with Crippen molar-refractivity contribution in [3.05, 3.63) is 53.1 Å². The molecule has 0 spiro atoms. The van der Waals surface area contributed by atoms with Crippen molar-refractivity contribution in [1.29, 1.82) is 0 Å². The van der Waals surface area contributed by atoms with Crippen LogP contribution >= 0.6 is 0 Å². The largest absolute Gasteiger partial charge is 0.406 e. The molecule has 26 heavy (non-hydrogen) atoms. The lowest BCUT2D eigenvalue weighted by Crippen LogP contribution is -2.28. The number of anilines is 1. The third kappa shape index (κ3) is 2.57. The predicted molar refractivity (Wildman–Crippen MR) is 91.6 cm³/mol. The van der Waals surface area contributed by atoms with Crippen LogP contribution in [0, 0.1) is 0 Å². The Morgan fingerprint density at radius 1 is 1.19 bits per heavy atom. The van der Waals surface area contributed by atoms with E-state index in [-0.39, 0.29) is 16.4 Å². The second-order valence-electron chi connectivity index (χ2n) is 5.84. The Bertz CT molecular complexity index is 1190. The van der Waals surface area contributed by atoms with E-state index in [1.54, 1.807) is 24.3 Å². The van der Waals surface area contributed by atoms with Crippen LogP contribution in [0.5, 0.6) is 0 Å². The van der Waals surface area contributed by atoms with Crippen LogP contribution in [0.1, 0.15) is 0 Å². The monoisotopic (exact) mass is 359 g/mol. The molecular formula is C17H12F3N5O. The van der Waals surface area contributed by atoms with E-state index in [4.69, 9.17) is 5.73 Å². The van der Waals surface area contributed by atoms with Crippen LogP contribution < -0.4 is 11.3 Å².